The fourth-order valence-corrected chi connectivity index (χ4v) is 2.80. The minimum absolute atomic E-state index is 0.331. The van der Waals surface area contributed by atoms with E-state index in [9.17, 15) is 14.7 Å². The zero-order valence-electron chi connectivity index (χ0n) is 15.4. The number of hydrogen-bond acceptors (Lipinski definition) is 6. The Labute approximate surface area is 160 Å². The van der Waals surface area contributed by atoms with Crippen LogP contribution in [0, 0.1) is 0 Å². The second-order valence-electron chi connectivity index (χ2n) is 5.95. The number of fused-ring (bicyclic) bond motifs is 1. The van der Waals surface area contributed by atoms with Gasteiger partial charge in [-0.05, 0) is 31.8 Å². The maximum absolute atomic E-state index is 11.7. The maximum atomic E-state index is 11.7. The number of aromatic amines is 1. The van der Waals surface area contributed by atoms with Gasteiger partial charge in [0.25, 0.3) is 5.43 Å². The number of para-hydroxylation sites is 1. The lowest BCUT2D eigenvalue weighted by atomic mass is 10.0. The monoisotopic (exact) mass is 377 g/mol. The van der Waals surface area contributed by atoms with Gasteiger partial charge in [0.2, 0.25) is 0 Å². The molecule has 0 saturated carbocycles. The predicted octanol–water partition coefficient (Wildman–Crippen LogP) is 2.13. The van der Waals surface area contributed by atoms with Crippen molar-refractivity contribution in [3.05, 3.63) is 70.8 Å². The molecule has 2 heterocycles. The van der Waals surface area contributed by atoms with Crippen molar-refractivity contribution in [1.82, 2.24) is 25.3 Å². The van der Waals surface area contributed by atoms with Crippen LogP contribution in [0.3, 0.4) is 0 Å². The standard InChI is InChI=1S/C18H12N4O3.C2H7N/c23-10-15-18(25)17(24)9-22(21-15)16-7-2-1-4-12(16)11-5-3-6-14-13(11)8-19-20-14;1-3-2/h1-10,24H,(H,19,20);3H,1-2H3. The Balaban J connectivity index is 0.000000706. The van der Waals surface area contributed by atoms with E-state index in [0.717, 1.165) is 22.0 Å². The van der Waals surface area contributed by atoms with Gasteiger partial charge in [0.15, 0.2) is 17.7 Å². The number of aromatic hydroxyl groups is 1. The van der Waals surface area contributed by atoms with Gasteiger partial charge in [-0.15, -0.1) is 0 Å². The quantitative estimate of drug-likeness (QED) is 0.472. The highest BCUT2D eigenvalue weighted by Crippen LogP contribution is 2.31. The molecule has 3 N–H and O–H groups in total. The van der Waals surface area contributed by atoms with Crippen molar-refractivity contribution in [2.24, 2.45) is 0 Å². The van der Waals surface area contributed by atoms with E-state index in [4.69, 9.17) is 0 Å². The van der Waals surface area contributed by atoms with Crippen LogP contribution in [0.15, 0.2) is 59.7 Å². The topological polar surface area (TPSA) is 113 Å². The summed E-state index contributed by atoms with van der Waals surface area (Å²) in [6, 6.07) is 13.1. The smallest absolute Gasteiger partial charge is 0.252 e. The van der Waals surface area contributed by atoms with E-state index < -0.39 is 11.2 Å². The minimum atomic E-state index is -0.791. The normalized spacial score (nSPS) is 10.4. The zero-order chi connectivity index (χ0) is 20.1. The zero-order valence-corrected chi connectivity index (χ0v) is 15.4. The third-order valence-corrected chi connectivity index (χ3v) is 3.96. The van der Waals surface area contributed by atoms with Crippen LogP contribution in [-0.4, -0.2) is 45.5 Å². The van der Waals surface area contributed by atoms with Crippen molar-refractivity contribution in [2.45, 2.75) is 0 Å². The third kappa shape index (κ3) is 3.53. The van der Waals surface area contributed by atoms with E-state index >= 15 is 0 Å². The largest absolute Gasteiger partial charge is 0.503 e. The fraction of sp³-hybridized carbons (Fsp3) is 0.100. The summed E-state index contributed by atoms with van der Waals surface area (Å²) in [6.07, 6.45) is 3.26. The number of nitrogens with zero attached hydrogens (tertiary/aromatic N) is 3. The fourth-order valence-electron chi connectivity index (χ4n) is 2.80. The number of carbonyl (C=O) groups excluding carboxylic acids is 1. The van der Waals surface area contributed by atoms with Crippen molar-refractivity contribution in [1.29, 1.82) is 0 Å². The summed E-state index contributed by atoms with van der Waals surface area (Å²) in [5.74, 6) is -0.534. The molecule has 2 aromatic carbocycles. The van der Waals surface area contributed by atoms with Crippen molar-refractivity contribution >= 4 is 17.2 Å². The Bertz CT molecular complexity index is 1180. The highest BCUT2D eigenvalue weighted by molar-refractivity contribution is 5.96. The molecule has 8 heteroatoms. The summed E-state index contributed by atoms with van der Waals surface area (Å²) in [5.41, 5.74) is 2.10. The lowest BCUT2D eigenvalue weighted by molar-refractivity contribution is 0.111. The summed E-state index contributed by atoms with van der Waals surface area (Å²) in [5, 5.41) is 24.5. The molecule has 2 aromatic heterocycles. The molecular formula is C20H19N5O3. The Morgan fingerprint density at radius 3 is 2.57 bits per heavy atom. The number of rotatable bonds is 3. The number of aromatic nitrogens is 4. The molecule has 0 aliphatic heterocycles. The van der Waals surface area contributed by atoms with Gasteiger partial charge in [0.1, 0.15) is 0 Å². The lowest BCUT2D eigenvalue weighted by Crippen LogP contribution is -2.16. The lowest BCUT2D eigenvalue weighted by Gasteiger charge is -2.13. The van der Waals surface area contributed by atoms with Gasteiger partial charge in [0.05, 0.1) is 23.6 Å². The highest BCUT2D eigenvalue weighted by atomic mass is 16.3. The molecule has 0 fully saturated rings. The van der Waals surface area contributed by atoms with Gasteiger partial charge in [-0.2, -0.15) is 10.2 Å². The van der Waals surface area contributed by atoms with Crippen LogP contribution in [-0.2, 0) is 0 Å². The average Bonchev–Trinajstić information content (AvgIpc) is 3.19. The summed E-state index contributed by atoms with van der Waals surface area (Å²) in [4.78, 5) is 22.8. The first-order valence-corrected chi connectivity index (χ1v) is 8.49. The SMILES string of the molecule is CNC.O=Cc1nn(-c2ccccc2-c2cccc3[nH]ncc23)cc(O)c1=O. The van der Waals surface area contributed by atoms with Crippen molar-refractivity contribution in [2.75, 3.05) is 14.1 Å². The van der Waals surface area contributed by atoms with Crippen LogP contribution < -0.4 is 10.7 Å². The molecule has 142 valence electrons. The van der Waals surface area contributed by atoms with E-state index in [1.165, 1.54) is 10.9 Å². The molecule has 0 unspecified atom stereocenters. The van der Waals surface area contributed by atoms with Crippen LogP contribution in [0.1, 0.15) is 10.5 Å². The molecular weight excluding hydrogens is 358 g/mol. The highest BCUT2D eigenvalue weighted by Gasteiger charge is 2.14. The molecule has 0 spiro atoms. The predicted molar refractivity (Wildman–Crippen MR) is 107 cm³/mol. The summed E-state index contributed by atoms with van der Waals surface area (Å²) in [7, 11) is 3.75. The molecule has 0 atom stereocenters. The first-order valence-electron chi connectivity index (χ1n) is 8.49. The molecule has 4 rings (SSSR count). The van der Waals surface area contributed by atoms with Crippen LogP contribution in [0.2, 0.25) is 0 Å². The summed E-state index contributed by atoms with van der Waals surface area (Å²) >= 11 is 0. The molecule has 0 aliphatic carbocycles. The molecule has 0 aliphatic rings. The van der Waals surface area contributed by atoms with Gasteiger partial charge >= 0.3 is 0 Å². The molecule has 28 heavy (non-hydrogen) atoms. The molecule has 0 bridgehead atoms. The number of nitrogens with one attached hydrogen (secondary N) is 2. The molecule has 0 saturated heterocycles. The number of carbonyl (C=O) groups is 1. The van der Waals surface area contributed by atoms with Gasteiger partial charge in [-0.1, -0.05) is 30.3 Å². The van der Waals surface area contributed by atoms with E-state index in [1.54, 1.807) is 12.3 Å². The molecule has 0 amide bonds. The number of aldehydes is 1. The van der Waals surface area contributed by atoms with E-state index in [-0.39, 0.29) is 5.69 Å². The first-order chi connectivity index (χ1) is 13.6. The number of benzene rings is 2. The van der Waals surface area contributed by atoms with Crippen LogP contribution >= 0.6 is 0 Å². The Morgan fingerprint density at radius 2 is 1.82 bits per heavy atom. The summed E-state index contributed by atoms with van der Waals surface area (Å²) in [6.45, 7) is 0. The van der Waals surface area contributed by atoms with Gasteiger partial charge in [0, 0.05) is 10.9 Å². The first kappa shape index (κ1) is 19.0. The number of H-pyrrole nitrogens is 1. The second kappa shape index (κ2) is 8.28. The minimum Gasteiger partial charge on any atom is -0.503 e. The second-order valence-corrected chi connectivity index (χ2v) is 5.95. The van der Waals surface area contributed by atoms with Gasteiger partial charge in [-0.3, -0.25) is 14.7 Å². The molecule has 4 aromatic rings. The molecule has 0 radical (unpaired) electrons. The number of hydrogen-bond donors (Lipinski definition) is 3. The van der Waals surface area contributed by atoms with Crippen LogP contribution in [0.5, 0.6) is 5.75 Å². The van der Waals surface area contributed by atoms with E-state index in [2.05, 4.69) is 20.6 Å². The van der Waals surface area contributed by atoms with Crippen molar-refractivity contribution < 1.29 is 9.90 Å². The third-order valence-electron chi connectivity index (χ3n) is 3.96. The van der Waals surface area contributed by atoms with Crippen LogP contribution in [0.25, 0.3) is 27.7 Å². The van der Waals surface area contributed by atoms with Gasteiger partial charge < -0.3 is 10.4 Å². The Hall–Kier alpha value is -3.78. The maximum Gasteiger partial charge on any atom is 0.252 e. The Kier molecular flexibility index (Phi) is 5.61. The van der Waals surface area contributed by atoms with Crippen LogP contribution in [0.4, 0.5) is 0 Å². The Morgan fingerprint density at radius 1 is 1.11 bits per heavy atom. The summed E-state index contributed by atoms with van der Waals surface area (Å²) < 4.78 is 1.33. The van der Waals surface area contributed by atoms with Gasteiger partial charge in [-0.25, -0.2) is 4.68 Å². The van der Waals surface area contributed by atoms with Crippen molar-refractivity contribution in [3.63, 3.8) is 0 Å². The van der Waals surface area contributed by atoms with E-state index in [1.807, 2.05) is 50.5 Å². The van der Waals surface area contributed by atoms with Crippen molar-refractivity contribution in [3.8, 4) is 22.6 Å². The van der Waals surface area contributed by atoms with E-state index in [0.29, 0.717) is 12.0 Å². The average molecular weight is 377 g/mol. The molecule has 8 nitrogen and oxygen atoms in total.